The zero-order valence-corrected chi connectivity index (χ0v) is 15.6. The van der Waals surface area contributed by atoms with Crippen LogP contribution in [0.2, 0.25) is 0 Å². The first-order valence-electron chi connectivity index (χ1n) is 9.41. The van der Waals surface area contributed by atoms with Gasteiger partial charge in [0.15, 0.2) is 11.3 Å². The van der Waals surface area contributed by atoms with E-state index >= 15 is 0 Å². The summed E-state index contributed by atoms with van der Waals surface area (Å²) < 4.78 is 1.83. The van der Waals surface area contributed by atoms with Gasteiger partial charge >= 0.3 is 0 Å². The largest absolute Gasteiger partial charge is 0.289 e. The molecule has 5 rings (SSSR count). The lowest BCUT2D eigenvalue weighted by Crippen LogP contribution is -2.16. The number of para-hydroxylation sites is 1. The van der Waals surface area contributed by atoms with Gasteiger partial charge in [0.1, 0.15) is 5.69 Å². The van der Waals surface area contributed by atoms with Gasteiger partial charge in [0, 0.05) is 5.56 Å². The minimum Gasteiger partial charge on any atom is -0.289 e. The number of nitrogens with zero attached hydrogens (tertiary/aromatic N) is 3. The van der Waals surface area contributed by atoms with Gasteiger partial charge in [-0.2, -0.15) is 0 Å². The van der Waals surface area contributed by atoms with E-state index in [-0.39, 0.29) is 5.43 Å². The SMILES string of the molecule is O=c1ccc2nc(-c3ccccc3)nn(-c3ccccc3)c-2c1-c1ccccc1. The van der Waals surface area contributed by atoms with E-state index in [9.17, 15) is 4.79 Å². The first-order chi connectivity index (χ1) is 14.3. The molecule has 0 amide bonds. The average Bonchev–Trinajstić information content (AvgIpc) is 2.80. The summed E-state index contributed by atoms with van der Waals surface area (Å²) in [4.78, 5) is 17.7. The van der Waals surface area contributed by atoms with E-state index in [0.29, 0.717) is 17.1 Å². The smallest absolute Gasteiger partial charge is 0.188 e. The molecule has 1 aliphatic carbocycles. The average molecular weight is 375 g/mol. The van der Waals surface area contributed by atoms with Gasteiger partial charge in [-0.25, -0.2) is 9.67 Å². The lowest BCUT2D eigenvalue weighted by Gasteiger charge is -2.19. The van der Waals surface area contributed by atoms with Crippen molar-refractivity contribution in [1.82, 2.24) is 14.8 Å². The van der Waals surface area contributed by atoms with Crippen molar-refractivity contribution in [2.75, 3.05) is 0 Å². The normalized spacial score (nSPS) is 10.9. The molecule has 1 heterocycles. The molecule has 0 bridgehead atoms. The molecule has 0 atom stereocenters. The summed E-state index contributed by atoms with van der Waals surface area (Å²) in [5, 5.41) is 4.84. The number of benzene rings is 4. The lowest BCUT2D eigenvalue weighted by molar-refractivity contribution is 0.829. The molecule has 0 saturated heterocycles. The minimum absolute atomic E-state index is 0.0514. The Hall–Kier alpha value is -4.05. The van der Waals surface area contributed by atoms with Crippen LogP contribution < -0.4 is 5.43 Å². The van der Waals surface area contributed by atoms with Gasteiger partial charge in [0.05, 0.1) is 16.9 Å². The topological polar surface area (TPSA) is 47.8 Å². The second-order valence-corrected chi connectivity index (χ2v) is 6.72. The van der Waals surface area contributed by atoms with E-state index in [0.717, 1.165) is 22.5 Å². The summed E-state index contributed by atoms with van der Waals surface area (Å²) in [5.41, 5.74) is 4.63. The minimum atomic E-state index is -0.0514. The van der Waals surface area contributed by atoms with Crippen LogP contribution >= 0.6 is 0 Å². The number of hydrogen-bond donors (Lipinski definition) is 0. The quantitative estimate of drug-likeness (QED) is 0.442. The molecule has 29 heavy (non-hydrogen) atoms. The van der Waals surface area contributed by atoms with Crippen molar-refractivity contribution in [3.63, 3.8) is 0 Å². The van der Waals surface area contributed by atoms with Gasteiger partial charge < -0.3 is 0 Å². The van der Waals surface area contributed by atoms with Crippen LogP contribution in [-0.4, -0.2) is 14.8 Å². The number of fused-ring (bicyclic) bond motifs is 1. The molecule has 0 saturated carbocycles. The van der Waals surface area contributed by atoms with E-state index < -0.39 is 0 Å². The van der Waals surface area contributed by atoms with Gasteiger partial charge in [0.2, 0.25) is 0 Å². The Balaban J connectivity index is 1.89. The predicted molar refractivity (Wildman–Crippen MR) is 115 cm³/mol. The molecule has 4 heteroatoms. The number of aromatic nitrogens is 3. The van der Waals surface area contributed by atoms with Crippen LogP contribution in [0, 0.1) is 0 Å². The third-order valence-corrected chi connectivity index (χ3v) is 4.85. The Bertz CT molecular complexity index is 1300. The molecule has 138 valence electrons. The fourth-order valence-corrected chi connectivity index (χ4v) is 3.50. The third-order valence-electron chi connectivity index (χ3n) is 4.85. The van der Waals surface area contributed by atoms with Gasteiger partial charge in [-0.1, -0.05) is 78.9 Å². The molecule has 3 aromatic carbocycles. The van der Waals surface area contributed by atoms with Crippen molar-refractivity contribution in [2.24, 2.45) is 0 Å². The molecule has 0 aromatic heterocycles. The monoisotopic (exact) mass is 375 g/mol. The maximum Gasteiger partial charge on any atom is 0.188 e. The molecule has 0 radical (unpaired) electrons. The Morgan fingerprint density at radius 2 is 1.21 bits per heavy atom. The van der Waals surface area contributed by atoms with Crippen molar-refractivity contribution in [1.29, 1.82) is 0 Å². The summed E-state index contributed by atoms with van der Waals surface area (Å²) >= 11 is 0. The van der Waals surface area contributed by atoms with E-state index in [1.165, 1.54) is 0 Å². The van der Waals surface area contributed by atoms with Crippen LogP contribution in [0.3, 0.4) is 0 Å². The predicted octanol–water partition coefficient (Wildman–Crippen LogP) is 5.07. The molecule has 1 aliphatic heterocycles. The Kier molecular flexibility index (Phi) is 4.22. The van der Waals surface area contributed by atoms with E-state index in [1.807, 2.05) is 95.7 Å². The standard InChI is InChI=1S/C25H17N3O/c29-22-17-16-21-24(23(22)18-10-4-1-5-11-18)28(20-14-8-3-9-15-20)27-25(26-21)19-12-6-2-7-13-19/h1-17H. The van der Waals surface area contributed by atoms with Crippen molar-refractivity contribution >= 4 is 0 Å². The maximum atomic E-state index is 12.9. The Morgan fingerprint density at radius 1 is 0.621 bits per heavy atom. The summed E-state index contributed by atoms with van der Waals surface area (Å²) in [5.74, 6) is 0.611. The fourth-order valence-electron chi connectivity index (χ4n) is 3.50. The van der Waals surface area contributed by atoms with Gasteiger partial charge in [-0.15, -0.1) is 5.10 Å². The summed E-state index contributed by atoms with van der Waals surface area (Å²) in [6.07, 6.45) is 0. The van der Waals surface area contributed by atoms with Crippen LogP contribution in [0.15, 0.2) is 108 Å². The van der Waals surface area contributed by atoms with Crippen molar-refractivity contribution < 1.29 is 0 Å². The van der Waals surface area contributed by atoms with E-state index in [4.69, 9.17) is 10.1 Å². The van der Waals surface area contributed by atoms with Crippen LogP contribution in [0.5, 0.6) is 0 Å². The van der Waals surface area contributed by atoms with Gasteiger partial charge in [-0.3, -0.25) is 4.79 Å². The first-order valence-corrected chi connectivity index (χ1v) is 9.41. The van der Waals surface area contributed by atoms with E-state index in [1.54, 1.807) is 12.1 Å². The van der Waals surface area contributed by atoms with Crippen LogP contribution in [0.4, 0.5) is 0 Å². The van der Waals surface area contributed by atoms with Crippen molar-refractivity contribution in [2.45, 2.75) is 0 Å². The molecule has 3 aromatic rings. The van der Waals surface area contributed by atoms with Crippen LogP contribution in [0.25, 0.3) is 39.6 Å². The third kappa shape index (κ3) is 3.11. The summed E-state index contributed by atoms with van der Waals surface area (Å²) in [6.45, 7) is 0. The molecule has 4 nitrogen and oxygen atoms in total. The molecular formula is C25H17N3O. The molecule has 0 N–H and O–H groups in total. The maximum absolute atomic E-state index is 12.9. The zero-order valence-electron chi connectivity index (χ0n) is 15.6. The van der Waals surface area contributed by atoms with Gasteiger partial charge in [0.25, 0.3) is 0 Å². The van der Waals surface area contributed by atoms with Crippen molar-refractivity contribution in [3.05, 3.63) is 113 Å². The molecular weight excluding hydrogens is 358 g/mol. The molecule has 0 unspecified atom stereocenters. The highest BCUT2D eigenvalue weighted by atomic mass is 16.1. The summed E-state index contributed by atoms with van der Waals surface area (Å²) in [7, 11) is 0. The molecule has 2 aliphatic rings. The lowest BCUT2D eigenvalue weighted by atomic mass is 9.99. The Labute approximate surface area is 168 Å². The Morgan fingerprint density at radius 3 is 1.86 bits per heavy atom. The second kappa shape index (κ2) is 7.17. The molecule has 0 fully saturated rings. The van der Waals surface area contributed by atoms with E-state index in [2.05, 4.69) is 0 Å². The fraction of sp³-hybridized carbons (Fsp3) is 0. The highest BCUT2D eigenvalue weighted by molar-refractivity contribution is 5.82. The number of rotatable bonds is 3. The van der Waals surface area contributed by atoms with Crippen molar-refractivity contribution in [3.8, 4) is 39.6 Å². The first kappa shape index (κ1) is 17.1. The molecule has 0 spiro atoms. The highest BCUT2D eigenvalue weighted by Crippen LogP contribution is 2.32. The summed E-state index contributed by atoms with van der Waals surface area (Å²) in [6, 6.07) is 32.7. The second-order valence-electron chi connectivity index (χ2n) is 6.72. The zero-order chi connectivity index (χ0) is 19.6. The highest BCUT2D eigenvalue weighted by Gasteiger charge is 2.21. The van der Waals surface area contributed by atoms with Crippen LogP contribution in [0.1, 0.15) is 0 Å². The number of hydrogen-bond acceptors (Lipinski definition) is 3. The van der Waals surface area contributed by atoms with Gasteiger partial charge in [-0.05, 0) is 29.8 Å². The van der Waals surface area contributed by atoms with Crippen LogP contribution in [-0.2, 0) is 0 Å².